The van der Waals surface area contributed by atoms with E-state index in [1.165, 1.54) is 23.1 Å². The first-order valence-corrected chi connectivity index (χ1v) is 9.74. The van der Waals surface area contributed by atoms with Crippen LogP contribution in [0.25, 0.3) is 11.1 Å². The lowest BCUT2D eigenvalue weighted by Crippen LogP contribution is -2.25. The van der Waals surface area contributed by atoms with Crippen LogP contribution in [0.1, 0.15) is 27.5 Å². The second-order valence-corrected chi connectivity index (χ2v) is 7.34. The number of carbonyl (C=O) groups excluding carboxylic acids is 1. The van der Waals surface area contributed by atoms with Crippen LogP contribution in [-0.4, -0.2) is 36.1 Å². The Hall–Kier alpha value is -1.90. The van der Waals surface area contributed by atoms with E-state index in [1.54, 1.807) is 12.5 Å². The molecule has 0 atom stereocenters. The molecular weight excluding hydrogens is 358 g/mol. The Kier molecular flexibility index (Phi) is 6.06. The first kappa shape index (κ1) is 17.9. The van der Waals surface area contributed by atoms with Crippen molar-refractivity contribution in [2.24, 2.45) is 0 Å². The quantitative estimate of drug-likeness (QED) is 0.477. The van der Waals surface area contributed by atoms with Crippen molar-refractivity contribution in [3.63, 3.8) is 0 Å². The van der Waals surface area contributed by atoms with Gasteiger partial charge in [-0.15, -0.1) is 11.3 Å². The van der Waals surface area contributed by atoms with Crippen LogP contribution in [0.15, 0.2) is 33.2 Å². The number of carbonyl (C=O) groups is 1. The molecule has 1 aromatic carbocycles. The zero-order valence-electron chi connectivity index (χ0n) is 14.1. The van der Waals surface area contributed by atoms with Crippen LogP contribution in [0.3, 0.4) is 0 Å². The number of oxazole rings is 1. The van der Waals surface area contributed by atoms with E-state index >= 15 is 0 Å². The van der Waals surface area contributed by atoms with E-state index in [0.29, 0.717) is 29.8 Å². The van der Waals surface area contributed by atoms with Gasteiger partial charge >= 0.3 is 0 Å². The molecule has 0 radical (unpaired) electrons. The summed E-state index contributed by atoms with van der Waals surface area (Å²) >= 11 is 2.94. The smallest absolute Gasteiger partial charge is 0.270 e. The van der Waals surface area contributed by atoms with Crippen molar-refractivity contribution in [3.05, 3.63) is 39.8 Å². The molecule has 132 valence electrons. The Labute approximate surface area is 154 Å². The fourth-order valence-corrected chi connectivity index (χ4v) is 3.82. The van der Waals surface area contributed by atoms with E-state index < -0.39 is 0 Å². The van der Waals surface area contributed by atoms with Crippen LogP contribution in [-0.2, 0) is 10.5 Å². The van der Waals surface area contributed by atoms with Gasteiger partial charge in [0.2, 0.25) is 0 Å². The molecule has 0 saturated heterocycles. The molecule has 0 bridgehead atoms. The number of nitrogens with one attached hydrogen (secondary N) is 1. The fraction of sp³-hybridized carbons (Fsp3) is 0.353. The van der Waals surface area contributed by atoms with Crippen LogP contribution in [0.2, 0.25) is 0 Å². The number of ether oxygens (including phenoxy) is 1. The van der Waals surface area contributed by atoms with E-state index in [2.05, 4.69) is 15.3 Å². The minimum atomic E-state index is -0.152. The normalized spacial score (nSPS) is 11.1. The Morgan fingerprint density at radius 1 is 1.40 bits per heavy atom. The van der Waals surface area contributed by atoms with E-state index in [4.69, 9.17) is 9.15 Å². The number of benzene rings is 1. The average molecular weight is 377 g/mol. The molecule has 0 aliphatic rings. The van der Waals surface area contributed by atoms with Crippen LogP contribution >= 0.6 is 23.1 Å². The molecule has 0 aliphatic heterocycles. The predicted octanol–water partition coefficient (Wildman–Crippen LogP) is 3.65. The molecule has 1 N–H and O–H groups in total. The average Bonchev–Trinajstić information content (AvgIpc) is 3.22. The molecule has 3 rings (SSSR count). The van der Waals surface area contributed by atoms with Gasteiger partial charge in [0.1, 0.15) is 16.2 Å². The first-order valence-electron chi connectivity index (χ1n) is 7.87. The van der Waals surface area contributed by atoms with Crippen molar-refractivity contribution in [2.75, 3.05) is 20.3 Å². The van der Waals surface area contributed by atoms with Crippen molar-refractivity contribution in [2.45, 2.75) is 24.3 Å². The zero-order valence-corrected chi connectivity index (χ0v) is 15.7. The third-order valence-corrected chi connectivity index (χ3v) is 5.31. The number of thioether (sulfide) groups is 1. The van der Waals surface area contributed by atoms with E-state index in [1.807, 2.05) is 25.1 Å². The van der Waals surface area contributed by atoms with Gasteiger partial charge in [0, 0.05) is 25.6 Å². The monoisotopic (exact) mass is 377 g/mol. The van der Waals surface area contributed by atoms with Gasteiger partial charge in [0.15, 0.2) is 5.58 Å². The van der Waals surface area contributed by atoms with Gasteiger partial charge in [-0.3, -0.25) is 4.79 Å². The Morgan fingerprint density at radius 2 is 2.28 bits per heavy atom. The third kappa shape index (κ3) is 4.81. The molecule has 3 aromatic rings. The molecule has 2 heterocycles. The van der Waals surface area contributed by atoms with Crippen LogP contribution < -0.4 is 5.32 Å². The summed E-state index contributed by atoms with van der Waals surface area (Å²) in [7, 11) is 1.64. The first-order chi connectivity index (χ1) is 12.2. The van der Waals surface area contributed by atoms with Gasteiger partial charge < -0.3 is 14.5 Å². The van der Waals surface area contributed by atoms with Crippen LogP contribution in [0, 0.1) is 6.92 Å². The standard InChI is InChI=1S/C17H19N3O3S2/c1-11-4-5-14-12(8-11)20-17(23-14)25-10-15-19-13(9-24-15)16(21)18-6-3-7-22-2/h4-5,8-9H,3,6-7,10H2,1-2H3,(H,18,21). The second-order valence-electron chi connectivity index (χ2n) is 5.47. The Balaban J connectivity index is 1.54. The van der Waals surface area contributed by atoms with E-state index in [9.17, 15) is 4.79 Å². The summed E-state index contributed by atoms with van der Waals surface area (Å²) in [5, 5.41) is 6.08. The van der Waals surface area contributed by atoms with Crippen LogP contribution in [0.4, 0.5) is 0 Å². The highest BCUT2D eigenvalue weighted by atomic mass is 32.2. The molecule has 6 nitrogen and oxygen atoms in total. The Morgan fingerprint density at radius 3 is 3.12 bits per heavy atom. The van der Waals surface area contributed by atoms with Crippen molar-refractivity contribution in [1.82, 2.24) is 15.3 Å². The molecular formula is C17H19N3O3S2. The maximum Gasteiger partial charge on any atom is 0.270 e. The number of hydrogen-bond acceptors (Lipinski definition) is 7. The third-order valence-electron chi connectivity index (χ3n) is 3.44. The highest BCUT2D eigenvalue weighted by molar-refractivity contribution is 7.98. The van der Waals surface area contributed by atoms with Crippen molar-refractivity contribution >= 4 is 40.1 Å². The zero-order chi connectivity index (χ0) is 17.6. The van der Waals surface area contributed by atoms with Crippen molar-refractivity contribution in [1.29, 1.82) is 0 Å². The number of amides is 1. The van der Waals surface area contributed by atoms with E-state index in [0.717, 1.165) is 28.1 Å². The molecule has 0 fully saturated rings. The number of hydrogen-bond donors (Lipinski definition) is 1. The second kappa shape index (κ2) is 8.46. The fourth-order valence-electron chi connectivity index (χ4n) is 2.19. The minimum Gasteiger partial charge on any atom is -0.431 e. The molecule has 25 heavy (non-hydrogen) atoms. The molecule has 1 amide bonds. The van der Waals surface area contributed by atoms with Gasteiger partial charge in [0.05, 0.1) is 5.75 Å². The molecule has 0 spiro atoms. The molecule has 0 aliphatic carbocycles. The summed E-state index contributed by atoms with van der Waals surface area (Å²) in [4.78, 5) is 20.8. The number of methoxy groups -OCH3 is 1. The number of aromatic nitrogens is 2. The molecule has 0 saturated carbocycles. The lowest BCUT2D eigenvalue weighted by Gasteiger charge is -2.01. The lowest BCUT2D eigenvalue weighted by atomic mass is 10.2. The van der Waals surface area contributed by atoms with Gasteiger partial charge in [-0.05, 0) is 31.0 Å². The van der Waals surface area contributed by atoms with Crippen LogP contribution in [0.5, 0.6) is 0 Å². The number of nitrogens with zero attached hydrogens (tertiary/aromatic N) is 2. The largest absolute Gasteiger partial charge is 0.431 e. The lowest BCUT2D eigenvalue weighted by molar-refractivity contribution is 0.0944. The van der Waals surface area contributed by atoms with E-state index in [-0.39, 0.29) is 5.91 Å². The highest BCUT2D eigenvalue weighted by Gasteiger charge is 2.12. The topological polar surface area (TPSA) is 77.2 Å². The Bertz CT molecular complexity index is 860. The summed E-state index contributed by atoms with van der Waals surface area (Å²) in [6.45, 7) is 3.23. The summed E-state index contributed by atoms with van der Waals surface area (Å²) in [6.07, 6.45) is 0.784. The maximum atomic E-state index is 12.0. The van der Waals surface area contributed by atoms with Gasteiger partial charge in [-0.1, -0.05) is 17.8 Å². The summed E-state index contributed by atoms with van der Waals surface area (Å²) in [5.41, 5.74) is 3.24. The SMILES string of the molecule is COCCCNC(=O)c1csc(CSc2nc3cc(C)ccc3o2)n1. The number of fused-ring (bicyclic) bond motifs is 1. The molecule has 8 heteroatoms. The highest BCUT2D eigenvalue weighted by Crippen LogP contribution is 2.27. The number of rotatable bonds is 8. The summed E-state index contributed by atoms with van der Waals surface area (Å²) in [6, 6.07) is 5.93. The number of thiazole rings is 1. The van der Waals surface area contributed by atoms with Crippen molar-refractivity contribution < 1.29 is 13.9 Å². The molecule has 2 aromatic heterocycles. The predicted molar refractivity (Wildman–Crippen MR) is 99.2 cm³/mol. The van der Waals surface area contributed by atoms with Crippen molar-refractivity contribution in [3.8, 4) is 0 Å². The maximum absolute atomic E-state index is 12.0. The number of aryl methyl sites for hydroxylation is 1. The molecule has 0 unspecified atom stereocenters. The summed E-state index contributed by atoms with van der Waals surface area (Å²) < 4.78 is 10.7. The minimum absolute atomic E-state index is 0.152. The summed E-state index contributed by atoms with van der Waals surface area (Å²) in [5.74, 6) is 0.467. The van der Waals surface area contributed by atoms with Gasteiger partial charge in [-0.25, -0.2) is 9.97 Å². The van der Waals surface area contributed by atoms with Gasteiger partial charge in [-0.2, -0.15) is 0 Å². The van der Waals surface area contributed by atoms with Gasteiger partial charge in [0.25, 0.3) is 11.1 Å².